The zero-order chi connectivity index (χ0) is 34.8. The number of nitrogens with two attached hydrogens (primary N) is 2. The van der Waals surface area contributed by atoms with Crippen molar-refractivity contribution < 1.29 is 46.1 Å². The molecule has 2 heterocycles. The maximum atomic E-state index is 14.2. The number of carbonyl (C=O) groups is 2. The number of halogens is 5. The first-order chi connectivity index (χ1) is 22.5. The number of anilines is 1. The molecule has 3 aromatic rings. The summed E-state index contributed by atoms with van der Waals surface area (Å²) in [5, 5.41) is 14.8. The molecule has 48 heavy (non-hydrogen) atoms. The molecule has 6 N–H and O–H groups in total. The standard InChI is InChI=1S/C33H32F5N5O5/c1-30(29(40)45)15-48-27-21(30)12-24(43-26(27)16-3-6-22(34)20(10-16)33(36,37)38)32(46,19-4-5-19)14-41-28(44)17-9-18(13-42-31(35)7-8-31)25(39)23(11-17)47-2/h3,6,9-13,19,46H,4-5,7-8,14-15,39H2,1-2H3,(H2,40,45)(H,41,44)/b42-13+/t30-,32+/m0/s1. The lowest BCUT2D eigenvalue weighted by atomic mass is 9.81. The van der Waals surface area contributed by atoms with Crippen molar-refractivity contribution in [3.05, 3.63) is 70.2 Å². The molecule has 2 fully saturated rings. The van der Waals surface area contributed by atoms with Crippen LogP contribution in [0.5, 0.6) is 11.5 Å². The summed E-state index contributed by atoms with van der Waals surface area (Å²) in [5.74, 6) is -4.95. The number of pyridine rings is 1. The maximum absolute atomic E-state index is 14.2. The lowest BCUT2D eigenvalue weighted by Gasteiger charge is -2.30. The van der Waals surface area contributed by atoms with E-state index in [1.165, 1.54) is 38.4 Å². The minimum Gasteiger partial charge on any atom is -0.495 e. The van der Waals surface area contributed by atoms with E-state index in [9.17, 15) is 36.6 Å². The van der Waals surface area contributed by atoms with Crippen molar-refractivity contribution in [2.24, 2.45) is 16.6 Å². The zero-order valence-corrected chi connectivity index (χ0v) is 25.9. The van der Waals surface area contributed by atoms with E-state index >= 15 is 0 Å². The predicted molar refractivity (Wildman–Crippen MR) is 164 cm³/mol. The van der Waals surface area contributed by atoms with Gasteiger partial charge in [0.15, 0.2) is 5.79 Å². The van der Waals surface area contributed by atoms with Crippen LogP contribution in [0, 0.1) is 11.7 Å². The second kappa shape index (κ2) is 11.4. The number of methoxy groups -OCH3 is 1. The van der Waals surface area contributed by atoms with Crippen molar-refractivity contribution in [2.45, 2.75) is 55.6 Å². The second-order valence-corrected chi connectivity index (χ2v) is 12.6. The van der Waals surface area contributed by atoms with Crippen molar-refractivity contribution in [3.8, 4) is 22.8 Å². The normalized spacial score (nSPS) is 20.9. The van der Waals surface area contributed by atoms with E-state index in [1.807, 2.05) is 0 Å². The fourth-order valence-electron chi connectivity index (χ4n) is 5.69. The van der Waals surface area contributed by atoms with Gasteiger partial charge in [-0.1, -0.05) is 0 Å². The van der Waals surface area contributed by atoms with Gasteiger partial charge in [-0.15, -0.1) is 0 Å². The average Bonchev–Trinajstić information content (AvgIpc) is 3.98. The molecule has 1 aliphatic heterocycles. The molecule has 3 aliphatic rings. The number of nitrogen functional groups attached to an aromatic ring is 1. The number of primary amides is 1. The van der Waals surface area contributed by atoms with Crippen molar-refractivity contribution >= 4 is 23.7 Å². The van der Waals surface area contributed by atoms with E-state index in [4.69, 9.17) is 20.9 Å². The molecular formula is C33H32F5N5O5. The third kappa shape index (κ3) is 5.91. The van der Waals surface area contributed by atoms with Crippen LogP contribution in [-0.2, 0) is 22.0 Å². The average molecular weight is 674 g/mol. The lowest BCUT2D eigenvalue weighted by Crippen LogP contribution is -2.44. The summed E-state index contributed by atoms with van der Waals surface area (Å²) in [4.78, 5) is 34.5. The summed E-state index contributed by atoms with van der Waals surface area (Å²) in [6, 6.07) is 6.47. The Balaban J connectivity index is 1.39. The van der Waals surface area contributed by atoms with Crippen LogP contribution in [0.2, 0.25) is 0 Å². The number of nitrogens with zero attached hydrogens (tertiary/aromatic N) is 2. The first-order valence-corrected chi connectivity index (χ1v) is 15.1. The number of aliphatic imine (C=N–C) groups is 1. The highest BCUT2D eigenvalue weighted by atomic mass is 19.4. The fraction of sp³-hybridized carbons (Fsp3) is 0.394. The summed E-state index contributed by atoms with van der Waals surface area (Å²) in [6.45, 7) is 0.828. The first kappa shape index (κ1) is 33.1. The van der Waals surface area contributed by atoms with E-state index in [0.717, 1.165) is 6.07 Å². The number of fused-ring (bicyclic) bond motifs is 1. The van der Waals surface area contributed by atoms with Gasteiger partial charge in [0.2, 0.25) is 5.91 Å². The Hall–Kier alpha value is -4.79. The summed E-state index contributed by atoms with van der Waals surface area (Å²) in [5.41, 5.74) is 7.20. The lowest BCUT2D eigenvalue weighted by molar-refractivity contribution is -0.140. The monoisotopic (exact) mass is 673 g/mol. The minimum absolute atomic E-state index is 0.0358. The summed E-state index contributed by atoms with van der Waals surface area (Å²) < 4.78 is 80.5. The molecule has 0 spiro atoms. The van der Waals surface area contributed by atoms with Crippen LogP contribution in [0.1, 0.15) is 65.3 Å². The van der Waals surface area contributed by atoms with Gasteiger partial charge >= 0.3 is 6.18 Å². The number of aliphatic hydroxyl groups is 1. The van der Waals surface area contributed by atoms with Crippen LogP contribution in [0.15, 0.2) is 41.4 Å². The van der Waals surface area contributed by atoms with Gasteiger partial charge in [-0.05, 0) is 62.1 Å². The number of hydrogen-bond donors (Lipinski definition) is 4. The highest BCUT2D eigenvalue weighted by molar-refractivity contribution is 5.99. The smallest absolute Gasteiger partial charge is 0.419 e. The molecule has 254 valence electrons. The Labute approximate surface area is 271 Å². The number of ether oxygens (including phenoxy) is 2. The summed E-state index contributed by atoms with van der Waals surface area (Å²) in [6.07, 6.45) is -2.19. The SMILES string of the molecule is COc1cc(C(=O)NC[C@](O)(c2cc3c(c(-c4ccc(F)c(C(F)(F)F)c4)n2)OC[C@]3(C)C(N)=O)C2CC2)cc(/C=N/C2(F)CC2)c1N. The molecule has 1 aromatic heterocycles. The van der Waals surface area contributed by atoms with E-state index in [2.05, 4.69) is 15.3 Å². The molecule has 6 rings (SSSR count). The van der Waals surface area contributed by atoms with E-state index in [1.54, 1.807) is 0 Å². The molecule has 0 bridgehead atoms. The molecule has 2 saturated carbocycles. The van der Waals surface area contributed by atoms with Crippen LogP contribution in [0.3, 0.4) is 0 Å². The summed E-state index contributed by atoms with van der Waals surface area (Å²) in [7, 11) is 1.34. The molecule has 10 nitrogen and oxygen atoms in total. The van der Waals surface area contributed by atoms with Crippen molar-refractivity contribution in [1.82, 2.24) is 10.3 Å². The van der Waals surface area contributed by atoms with Crippen molar-refractivity contribution in [2.75, 3.05) is 26.0 Å². The van der Waals surface area contributed by atoms with Gasteiger partial charge in [-0.25, -0.2) is 13.8 Å². The fourth-order valence-corrected chi connectivity index (χ4v) is 5.69. The van der Waals surface area contributed by atoms with Crippen molar-refractivity contribution in [1.29, 1.82) is 0 Å². The quantitative estimate of drug-likeness (QED) is 0.106. The van der Waals surface area contributed by atoms with Gasteiger partial charge < -0.3 is 31.4 Å². The molecule has 15 heteroatoms. The van der Waals surface area contributed by atoms with E-state index in [0.29, 0.717) is 25.0 Å². The number of amides is 2. The summed E-state index contributed by atoms with van der Waals surface area (Å²) >= 11 is 0. The predicted octanol–water partition coefficient (Wildman–Crippen LogP) is 4.54. The third-order valence-electron chi connectivity index (χ3n) is 9.13. The number of carbonyl (C=O) groups excluding carboxylic acids is 2. The molecule has 0 unspecified atom stereocenters. The first-order valence-electron chi connectivity index (χ1n) is 15.1. The van der Waals surface area contributed by atoms with Crippen LogP contribution >= 0.6 is 0 Å². The Kier molecular flexibility index (Phi) is 7.88. The number of nitrogens with one attached hydrogen (secondary N) is 1. The van der Waals surface area contributed by atoms with Crippen LogP contribution < -0.4 is 26.3 Å². The van der Waals surface area contributed by atoms with E-state index < -0.39 is 58.6 Å². The van der Waals surface area contributed by atoms with E-state index in [-0.39, 0.29) is 70.3 Å². The highest BCUT2D eigenvalue weighted by Gasteiger charge is 2.50. The van der Waals surface area contributed by atoms with Gasteiger partial charge in [0.1, 0.15) is 40.6 Å². The largest absolute Gasteiger partial charge is 0.495 e. The Morgan fingerprint density at radius 1 is 1.21 bits per heavy atom. The number of benzene rings is 2. The molecule has 0 saturated heterocycles. The highest BCUT2D eigenvalue weighted by Crippen LogP contribution is 2.50. The molecule has 2 aromatic carbocycles. The molecule has 2 atom stereocenters. The van der Waals surface area contributed by atoms with Gasteiger partial charge in [0.25, 0.3) is 5.91 Å². The Morgan fingerprint density at radius 2 is 1.92 bits per heavy atom. The topological polar surface area (TPSA) is 162 Å². The van der Waals surface area contributed by atoms with Gasteiger partial charge in [-0.2, -0.15) is 13.2 Å². The Morgan fingerprint density at radius 3 is 2.52 bits per heavy atom. The third-order valence-corrected chi connectivity index (χ3v) is 9.13. The minimum atomic E-state index is -5.02. The van der Waals surface area contributed by atoms with Gasteiger partial charge in [0.05, 0.1) is 30.6 Å². The Bertz CT molecular complexity index is 1860. The number of hydrogen-bond acceptors (Lipinski definition) is 8. The molecular weight excluding hydrogens is 641 g/mol. The van der Waals surface area contributed by atoms with Gasteiger partial charge in [0, 0.05) is 41.3 Å². The number of alkyl halides is 4. The maximum Gasteiger partial charge on any atom is 0.419 e. The second-order valence-electron chi connectivity index (χ2n) is 12.6. The molecule has 2 aliphatic carbocycles. The van der Waals surface area contributed by atoms with Crippen LogP contribution in [-0.4, -0.2) is 54.2 Å². The van der Waals surface area contributed by atoms with Crippen LogP contribution in [0.4, 0.5) is 27.6 Å². The number of rotatable bonds is 10. The zero-order valence-electron chi connectivity index (χ0n) is 25.9. The number of aromatic nitrogens is 1. The molecule has 0 radical (unpaired) electrons. The van der Waals surface area contributed by atoms with Crippen molar-refractivity contribution in [3.63, 3.8) is 0 Å². The van der Waals surface area contributed by atoms with Crippen LogP contribution in [0.25, 0.3) is 11.3 Å². The molecule has 2 amide bonds. The van der Waals surface area contributed by atoms with Gasteiger partial charge in [-0.3, -0.25) is 14.6 Å².